The van der Waals surface area contributed by atoms with Gasteiger partial charge in [-0.25, -0.2) is 14.4 Å². The van der Waals surface area contributed by atoms with E-state index in [2.05, 4.69) is 21.7 Å². The van der Waals surface area contributed by atoms with Gasteiger partial charge in [-0.3, -0.25) is 14.4 Å². The van der Waals surface area contributed by atoms with Crippen molar-refractivity contribution in [3.05, 3.63) is 83.2 Å². The first kappa shape index (κ1) is 28.3. The molecule has 0 bridgehead atoms. The molecule has 0 saturated carbocycles. The van der Waals surface area contributed by atoms with Crippen LogP contribution in [0.4, 0.5) is 10.2 Å². The van der Waals surface area contributed by atoms with Gasteiger partial charge >= 0.3 is 0 Å². The molecule has 0 saturated heterocycles. The molecule has 0 spiro atoms. The average molecular weight is 518 g/mol. The van der Waals surface area contributed by atoms with Crippen LogP contribution in [0.1, 0.15) is 49.2 Å². The van der Waals surface area contributed by atoms with E-state index < -0.39 is 5.60 Å². The molecule has 0 aliphatic carbocycles. The molecule has 0 radical (unpaired) electrons. The van der Waals surface area contributed by atoms with Gasteiger partial charge in [-0.1, -0.05) is 30.3 Å². The number of nitrogens with zero attached hydrogens (tertiary/aromatic N) is 3. The molecule has 9 heteroatoms. The smallest absolute Gasteiger partial charge is 0.255 e. The molecule has 0 unspecified atom stereocenters. The van der Waals surface area contributed by atoms with Crippen LogP contribution in [-0.2, 0) is 16.1 Å². The van der Waals surface area contributed by atoms with E-state index in [1.807, 2.05) is 32.9 Å². The van der Waals surface area contributed by atoms with Crippen LogP contribution in [0.25, 0.3) is 11.3 Å². The van der Waals surface area contributed by atoms with E-state index in [9.17, 15) is 19.2 Å². The van der Waals surface area contributed by atoms with Crippen LogP contribution in [0.2, 0.25) is 0 Å². The Bertz CT molecular complexity index is 1330. The van der Waals surface area contributed by atoms with Crippen molar-refractivity contribution >= 4 is 17.6 Å². The summed E-state index contributed by atoms with van der Waals surface area (Å²) in [6, 6.07) is 18.9. The second kappa shape index (κ2) is 12.8. The van der Waals surface area contributed by atoms with E-state index in [4.69, 9.17) is 4.84 Å². The molecule has 3 rings (SSSR count). The number of carbonyl (C=O) groups is 2. The summed E-state index contributed by atoms with van der Waals surface area (Å²) in [7, 11) is 0. The molecule has 38 heavy (non-hydrogen) atoms. The van der Waals surface area contributed by atoms with Crippen LogP contribution in [-0.4, -0.2) is 47.1 Å². The fraction of sp³-hybridized carbons (Fsp3) is 0.310. The number of rotatable bonds is 10. The number of nitrogens with one attached hydrogen (secondary N) is 2. The molecule has 2 amide bonds. The summed E-state index contributed by atoms with van der Waals surface area (Å²) in [5.74, 6) is -0.634. The van der Waals surface area contributed by atoms with Crippen LogP contribution < -0.4 is 10.6 Å². The quantitative estimate of drug-likeness (QED) is 0.377. The standard InChI is InChI=1S/C29H32FN5O3/c1-20(36)35(38-29(2,3)4)17-16-33-28(37)25-12-13-26(24-11-6-5-9-22(24)19-31)34-27(25)32-15-14-21-8-7-10-23(30)18-21/h5-13,18H,14-17H2,1-4H3,(H,32,34)(H,33,37). The molecule has 0 aliphatic heterocycles. The summed E-state index contributed by atoms with van der Waals surface area (Å²) >= 11 is 0. The summed E-state index contributed by atoms with van der Waals surface area (Å²) in [5, 5.41) is 16.7. The third kappa shape index (κ3) is 8.11. The predicted molar refractivity (Wildman–Crippen MR) is 144 cm³/mol. The first-order valence-electron chi connectivity index (χ1n) is 12.3. The highest BCUT2D eigenvalue weighted by Crippen LogP contribution is 2.25. The summed E-state index contributed by atoms with van der Waals surface area (Å²) in [6.07, 6.45) is 0.511. The molecule has 0 aliphatic rings. The maximum absolute atomic E-state index is 13.6. The van der Waals surface area contributed by atoms with Crippen LogP contribution in [0, 0.1) is 17.1 Å². The number of hydrogen-bond donors (Lipinski definition) is 2. The molecule has 1 heterocycles. The summed E-state index contributed by atoms with van der Waals surface area (Å²) in [6.45, 7) is 7.63. The lowest BCUT2D eigenvalue weighted by molar-refractivity contribution is -0.224. The summed E-state index contributed by atoms with van der Waals surface area (Å²) in [4.78, 5) is 35.3. The number of hydroxylamine groups is 2. The van der Waals surface area contributed by atoms with Crippen molar-refractivity contribution in [3.8, 4) is 17.3 Å². The van der Waals surface area contributed by atoms with Gasteiger partial charge in [0, 0.05) is 25.6 Å². The first-order chi connectivity index (χ1) is 18.1. The third-order valence-corrected chi connectivity index (χ3v) is 5.39. The molecular weight excluding hydrogens is 485 g/mol. The average Bonchev–Trinajstić information content (AvgIpc) is 2.87. The Morgan fingerprint density at radius 3 is 2.53 bits per heavy atom. The van der Waals surface area contributed by atoms with Gasteiger partial charge in [0.1, 0.15) is 11.6 Å². The Kier molecular flexibility index (Phi) is 9.52. The molecule has 8 nitrogen and oxygen atoms in total. The lowest BCUT2D eigenvalue weighted by Crippen LogP contribution is -2.42. The lowest BCUT2D eigenvalue weighted by atomic mass is 10.0. The maximum atomic E-state index is 13.6. The van der Waals surface area contributed by atoms with Crippen molar-refractivity contribution in [2.24, 2.45) is 0 Å². The third-order valence-electron chi connectivity index (χ3n) is 5.39. The second-order valence-corrected chi connectivity index (χ2v) is 9.64. The zero-order valence-electron chi connectivity index (χ0n) is 22.0. The van der Waals surface area contributed by atoms with Crippen molar-refractivity contribution < 1.29 is 18.8 Å². The minimum atomic E-state index is -0.562. The van der Waals surface area contributed by atoms with Gasteiger partial charge in [-0.05, 0) is 63.1 Å². The molecule has 1 aromatic heterocycles. The molecule has 0 fully saturated rings. The van der Waals surface area contributed by atoms with E-state index in [0.717, 1.165) is 5.56 Å². The fourth-order valence-electron chi connectivity index (χ4n) is 3.71. The predicted octanol–water partition coefficient (Wildman–Crippen LogP) is 4.72. The minimum Gasteiger partial charge on any atom is -0.369 e. The Labute approximate surface area is 222 Å². The Morgan fingerprint density at radius 1 is 1.08 bits per heavy atom. The van der Waals surface area contributed by atoms with Crippen LogP contribution in [0.3, 0.4) is 0 Å². The zero-order chi connectivity index (χ0) is 27.7. The lowest BCUT2D eigenvalue weighted by Gasteiger charge is -2.29. The van der Waals surface area contributed by atoms with Gasteiger partial charge in [-0.2, -0.15) is 5.26 Å². The first-order valence-corrected chi connectivity index (χ1v) is 12.3. The van der Waals surface area contributed by atoms with Gasteiger partial charge in [0.25, 0.3) is 5.91 Å². The molecule has 198 valence electrons. The van der Waals surface area contributed by atoms with Crippen molar-refractivity contribution in [3.63, 3.8) is 0 Å². The van der Waals surface area contributed by atoms with E-state index in [0.29, 0.717) is 41.2 Å². The SMILES string of the molecule is CC(=O)N(CCNC(=O)c1ccc(-c2ccccc2C#N)nc1NCCc1cccc(F)c1)OC(C)(C)C. The highest BCUT2D eigenvalue weighted by Gasteiger charge is 2.20. The van der Waals surface area contributed by atoms with Crippen LogP contribution in [0.5, 0.6) is 0 Å². The number of pyridine rings is 1. The number of amides is 2. The zero-order valence-corrected chi connectivity index (χ0v) is 22.0. The summed E-state index contributed by atoms with van der Waals surface area (Å²) in [5.41, 5.74) is 2.19. The second-order valence-electron chi connectivity index (χ2n) is 9.64. The van der Waals surface area contributed by atoms with E-state index in [-0.39, 0.29) is 30.7 Å². The summed E-state index contributed by atoms with van der Waals surface area (Å²) < 4.78 is 13.6. The highest BCUT2D eigenvalue weighted by atomic mass is 19.1. The number of anilines is 1. The number of aromatic nitrogens is 1. The molecule has 2 aromatic carbocycles. The van der Waals surface area contributed by atoms with E-state index in [1.54, 1.807) is 36.4 Å². The topological polar surface area (TPSA) is 107 Å². The number of hydrogen-bond acceptors (Lipinski definition) is 6. The van der Waals surface area contributed by atoms with Crippen molar-refractivity contribution in [2.75, 3.05) is 25.0 Å². The van der Waals surface area contributed by atoms with E-state index in [1.165, 1.54) is 24.1 Å². The molecular formula is C29H32FN5O3. The molecule has 2 N–H and O–H groups in total. The normalized spacial score (nSPS) is 10.9. The number of halogens is 1. The number of carbonyl (C=O) groups excluding carboxylic acids is 2. The monoisotopic (exact) mass is 517 g/mol. The van der Waals surface area contributed by atoms with Gasteiger partial charge in [0.2, 0.25) is 5.91 Å². The Balaban J connectivity index is 1.80. The van der Waals surface area contributed by atoms with Gasteiger partial charge in [0.15, 0.2) is 0 Å². The molecule has 0 atom stereocenters. The van der Waals surface area contributed by atoms with Crippen molar-refractivity contribution in [1.82, 2.24) is 15.4 Å². The van der Waals surface area contributed by atoms with Gasteiger partial charge < -0.3 is 10.6 Å². The molecule has 3 aromatic rings. The highest BCUT2D eigenvalue weighted by molar-refractivity contribution is 5.99. The Hall–Kier alpha value is -4.29. The van der Waals surface area contributed by atoms with Gasteiger partial charge in [0.05, 0.1) is 35.0 Å². The Morgan fingerprint density at radius 2 is 1.84 bits per heavy atom. The van der Waals surface area contributed by atoms with Crippen molar-refractivity contribution in [2.45, 2.75) is 39.7 Å². The van der Waals surface area contributed by atoms with Crippen molar-refractivity contribution in [1.29, 1.82) is 5.26 Å². The van der Waals surface area contributed by atoms with Gasteiger partial charge in [-0.15, -0.1) is 0 Å². The van der Waals surface area contributed by atoms with Crippen LogP contribution >= 0.6 is 0 Å². The fourth-order valence-corrected chi connectivity index (χ4v) is 3.71. The maximum Gasteiger partial charge on any atom is 0.255 e. The minimum absolute atomic E-state index is 0.163. The number of benzene rings is 2. The largest absolute Gasteiger partial charge is 0.369 e. The van der Waals surface area contributed by atoms with Crippen LogP contribution in [0.15, 0.2) is 60.7 Å². The van der Waals surface area contributed by atoms with E-state index >= 15 is 0 Å². The number of nitriles is 1.